The van der Waals surface area contributed by atoms with Gasteiger partial charge in [0.2, 0.25) is 5.91 Å². The molecule has 2 amide bonds. The van der Waals surface area contributed by atoms with Crippen molar-refractivity contribution in [2.45, 2.75) is 38.1 Å². The predicted molar refractivity (Wildman–Crippen MR) is 154 cm³/mol. The highest BCUT2D eigenvalue weighted by Gasteiger charge is 2.24. The maximum Gasteiger partial charge on any atom is 0.474 e. The number of ether oxygens (including phenoxy) is 1. The van der Waals surface area contributed by atoms with Gasteiger partial charge in [-0.15, -0.1) is 0 Å². The van der Waals surface area contributed by atoms with E-state index < -0.39 is 31.6 Å². The fraction of sp³-hybridized carbons (Fsp3) is 0.393. The first-order valence-electron chi connectivity index (χ1n) is 13.1. The van der Waals surface area contributed by atoms with Gasteiger partial charge in [-0.3, -0.25) is 23.7 Å². The first-order valence-corrected chi connectivity index (χ1v) is 14.9. The van der Waals surface area contributed by atoms with Crippen LogP contribution in [0.4, 0.5) is 19.4 Å². The number of hydrogen-bond acceptors (Lipinski definition) is 8. The Hall–Kier alpha value is -3.15. The molecule has 14 heteroatoms. The van der Waals surface area contributed by atoms with Crippen LogP contribution < -0.4 is 5.32 Å². The molecular weight excluding hydrogens is 595 g/mol. The van der Waals surface area contributed by atoms with Gasteiger partial charge in [0.05, 0.1) is 17.7 Å². The average Bonchev–Trinajstić information content (AvgIpc) is 2.98. The molecule has 1 heterocycles. The summed E-state index contributed by atoms with van der Waals surface area (Å²) in [6, 6.07) is 9.62. The number of nitrogens with one attached hydrogen (secondary N) is 1. The Labute approximate surface area is 247 Å². The van der Waals surface area contributed by atoms with Gasteiger partial charge in [-0.1, -0.05) is 23.7 Å². The summed E-state index contributed by atoms with van der Waals surface area (Å²) < 4.78 is 59.5. The molecule has 0 spiro atoms. The summed E-state index contributed by atoms with van der Waals surface area (Å²) in [5.41, 5.74) is 0.506. The number of aromatic nitrogens is 1. The number of likely N-dealkylation sites (N-methyl/N-ethyl adjacent to an activating group) is 1. The minimum atomic E-state index is -3.61. The van der Waals surface area contributed by atoms with Gasteiger partial charge in [0.15, 0.2) is 0 Å². The number of nitrogens with zero attached hydrogens (tertiary/aromatic N) is 2. The van der Waals surface area contributed by atoms with Crippen molar-refractivity contribution in [2.24, 2.45) is 0 Å². The molecule has 3 aromatic rings. The molecule has 0 fully saturated rings. The van der Waals surface area contributed by atoms with E-state index in [2.05, 4.69) is 10.3 Å². The first kappa shape index (κ1) is 33.4. The molecule has 228 valence electrons. The second-order valence-electron chi connectivity index (χ2n) is 9.30. The molecule has 0 radical (unpaired) electrons. The summed E-state index contributed by atoms with van der Waals surface area (Å²) in [7, 11) is 0.404. The number of phosphoric acid groups is 1. The molecule has 0 unspecified atom stereocenters. The third-order valence-electron chi connectivity index (χ3n) is 6.53. The Morgan fingerprint density at radius 2 is 1.86 bits per heavy atom. The molecule has 0 aliphatic heterocycles. The number of unbranched alkanes of at least 4 members (excludes halogenated alkanes) is 1. The van der Waals surface area contributed by atoms with E-state index in [1.807, 2.05) is 0 Å². The lowest BCUT2D eigenvalue weighted by Crippen LogP contribution is -2.41. The molecule has 0 aliphatic rings. The van der Waals surface area contributed by atoms with E-state index in [0.717, 1.165) is 0 Å². The number of halogens is 3. The van der Waals surface area contributed by atoms with Crippen LogP contribution in [-0.2, 0) is 34.1 Å². The number of fused-ring (bicyclic) bond motifs is 1. The third kappa shape index (κ3) is 9.71. The SMILES string of the molecule is COP(=O)(OC)OCCCC[C@@H](COC(=O)Nc1cc2cc(F)ccc2cn1)N(C)C(=O)CCc1cccc(F)c1Cl. The fourth-order valence-corrected chi connectivity index (χ4v) is 5.02. The maximum atomic E-state index is 13.8. The van der Waals surface area contributed by atoms with Crippen molar-refractivity contribution in [1.29, 1.82) is 0 Å². The van der Waals surface area contributed by atoms with Gasteiger partial charge in [-0.2, -0.15) is 0 Å². The van der Waals surface area contributed by atoms with E-state index in [-0.39, 0.29) is 42.8 Å². The average molecular weight is 628 g/mol. The molecule has 0 saturated carbocycles. The molecule has 0 aliphatic carbocycles. The molecule has 42 heavy (non-hydrogen) atoms. The highest BCUT2D eigenvalue weighted by atomic mass is 35.5. The zero-order valence-electron chi connectivity index (χ0n) is 23.5. The summed E-state index contributed by atoms with van der Waals surface area (Å²) in [4.78, 5) is 31.2. The van der Waals surface area contributed by atoms with Crippen molar-refractivity contribution in [2.75, 3.05) is 39.8 Å². The third-order valence-corrected chi connectivity index (χ3v) is 8.35. The van der Waals surface area contributed by atoms with Crippen molar-refractivity contribution < 1.29 is 41.2 Å². The Bertz CT molecular complexity index is 1420. The van der Waals surface area contributed by atoms with Gasteiger partial charge in [0.25, 0.3) is 0 Å². The van der Waals surface area contributed by atoms with Crippen LogP contribution in [0.15, 0.2) is 48.7 Å². The summed E-state index contributed by atoms with van der Waals surface area (Å²) in [6.07, 6.45) is 2.36. The van der Waals surface area contributed by atoms with Gasteiger partial charge in [-0.25, -0.2) is 23.1 Å². The summed E-state index contributed by atoms with van der Waals surface area (Å²) in [5, 5.41) is 3.74. The minimum absolute atomic E-state index is 0.0287. The van der Waals surface area contributed by atoms with Crippen molar-refractivity contribution in [3.8, 4) is 0 Å². The molecule has 1 atom stereocenters. The van der Waals surface area contributed by atoms with Crippen LogP contribution >= 0.6 is 19.4 Å². The number of carbonyl (C=O) groups excluding carboxylic acids is 2. The second kappa shape index (κ2) is 15.9. The summed E-state index contributed by atoms with van der Waals surface area (Å²) in [5.74, 6) is -1.08. The van der Waals surface area contributed by atoms with E-state index in [0.29, 0.717) is 35.6 Å². The van der Waals surface area contributed by atoms with Crippen molar-refractivity contribution in [1.82, 2.24) is 9.88 Å². The van der Waals surface area contributed by atoms with E-state index in [1.54, 1.807) is 19.2 Å². The molecule has 3 rings (SSSR count). The number of anilines is 1. The number of hydrogen-bond donors (Lipinski definition) is 1. The summed E-state index contributed by atoms with van der Waals surface area (Å²) >= 11 is 6.02. The quantitative estimate of drug-likeness (QED) is 0.145. The highest BCUT2D eigenvalue weighted by molar-refractivity contribution is 7.48. The van der Waals surface area contributed by atoms with Crippen molar-refractivity contribution >= 4 is 48.0 Å². The standard InChI is InChI=1S/C28H33ClF2N3O7P/c1-34(26(35)13-11-19-7-6-9-24(31)27(19)29)23(8-4-5-14-41-42(37,38-2)39-3)18-40-28(36)33-25-16-21-15-22(30)12-10-20(21)17-32-25/h6-7,9-10,12,15-17,23H,4-5,8,11,13-14,18H2,1-3H3,(H,32,33,36)/t23-/m0/s1. The zero-order valence-corrected chi connectivity index (χ0v) is 25.1. The first-order chi connectivity index (χ1) is 20.0. The number of benzene rings is 2. The number of phosphoric ester groups is 1. The van der Waals surface area contributed by atoms with E-state index in [4.69, 9.17) is 29.9 Å². The Kier molecular flexibility index (Phi) is 12.6. The van der Waals surface area contributed by atoms with Crippen molar-refractivity contribution in [3.05, 3.63) is 70.9 Å². The molecule has 0 bridgehead atoms. The fourth-order valence-electron chi connectivity index (χ4n) is 4.08. The van der Waals surface area contributed by atoms with Crippen LogP contribution in [0.25, 0.3) is 10.8 Å². The van der Waals surface area contributed by atoms with Crippen LogP contribution in [0.2, 0.25) is 5.02 Å². The van der Waals surface area contributed by atoms with Crippen molar-refractivity contribution in [3.63, 3.8) is 0 Å². The van der Waals surface area contributed by atoms with E-state index >= 15 is 0 Å². The number of aryl methyl sites for hydroxylation is 1. The van der Waals surface area contributed by atoms with Crippen LogP contribution in [0.5, 0.6) is 0 Å². The van der Waals surface area contributed by atoms with Gasteiger partial charge in [0, 0.05) is 39.3 Å². The smallest absolute Gasteiger partial charge is 0.447 e. The minimum Gasteiger partial charge on any atom is -0.447 e. The Morgan fingerprint density at radius 1 is 1.10 bits per heavy atom. The zero-order chi connectivity index (χ0) is 30.7. The molecule has 0 saturated heterocycles. The molecule has 2 aromatic carbocycles. The second-order valence-corrected chi connectivity index (χ2v) is 11.6. The number of amides is 2. The van der Waals surface area contributed by atoms with Gasteiger partial charge in [0.1, 0.15) is 24.1 Å². The van der Waals surface area contributed by atoms with Crippen LogP contribution in [-0.4, -0.2) is 62.4 Å². The number of pyridine rings is 1. The molecular formula is C28H33ClF2N3O7P. The predicted octanol–water partition coefficient (Wildman–Crippen LogP) is 6.76. The maximum absolute atomic E-state index is 13.8. The number of carbonyl (C=O) groups is 2. The van der Waals surface area contributed by atoms with Gasteiger partial charge >= 0.3 is 13.9 Å². The van der Waals surface area contributed by atoms with Gasteiger partial charge < -0.3 is 9.64 Å². The lowest BCUT2D eigenvalue weighted by molar-refractivity contribution is -0.132. The molecule has 10 nitrogen and oxygen atoms in total. The summed E-state index contributed by atoms with van der Waals surface area (Å²) in [6.45, 7) is -0.0660. The van der Waals surface area contributed by atoms with Crippen LogP contribution in [0, 0.1) is 11.6 Å². The van der Waals surface area contributed by atoms with Gasteiger partial charge in [-0.05, 0) is 67.0 Å². The lowest BCUT2D eigenvalue weighted by Gasteiger charge is -2.28. The normalized spacial score (nSPS) is 12.2. The largest absolute Gasteiger partial charge is 0.474 e. The van der Waals surface area contributed by atoms with E-state index in [9.17, 15) is 22.9 Å². The Balaban J connectivity index is 1.60. The molecule has 1 N–H and O–H groups in total. The topological polar surface area (TPSA) is 116 Å². The Morgan fingerprint density at radius 3 is 2.60 bits per heavy atom. The monoisotopic (exact) mass is 627 g/mol. The number of rotatable bonds is 15. The van der Waals surface area contributed by atoms with E-state index in [1.165, 1.54) is 55.6 Å². The van der Waals surface area contributed by atoms with Crippen LogP contribution in [0.3, 0.4) is 0 Å². The lowest BCUT2D eigenvalue weighted by atomic mass is 10.1. The van der Waals surface area contributed by atoms with Crippen LogP contribution in [0.1, 0.15) is 31.2 Å². The molecule has 1 aromatic heterocycles. The highest BCUT2D eigenvalue weighted by Crippen LogP contribution is 2.47.